The van der Waals surface area contributed by atoms with Gasteiger partial charge in [-0.15, -0.1) is 0 Å². The van der Waals surface area contributed by atoms with Crippen LogP contribution >= 0.6 is 0 Å². The summed E-state index contributed by atoms with van der Waals surface area (Å²) in [5.41, 5.74) is 7.14. The van der Waals surface area contributed by atoms with Gasteiger partial charge in [-0.25, -0.2) is 0 Å². The Hall–Kier alpha value is -1.46. The zero-order valence-electron chi connectivity index (χ0n) is 12.0. The number of aromatic nitrogens is 1. The van der Waals surface area contributed by atoms with Gasteiger partial charge in [0.05, 0.1) is 12.6 Å². The first-order chi connectivity index (χ1) is 9.10. The van der Waals surface area contributed by atoms with E-state index in [1.165, 1.54) is 0 Å². The van der Waals surface area contributed by atoms with Crippen LogP contribution in [-0.4, -0.2) is 41.5 Å². The van der Waals surface area contributed by atoms with Gasteiger partial charge in [-0.2, -0.15) is 0 Å². The lowest BCUT2D eigenvalue weighted by Crippen LogP contribution is -2.44. The third-order valence-corrected chi connectivity index (χ3v) is 3.04. The molecule has 1 rings (SSSR count). The average molecular weight is 264 g/mol. The fraction of sp³-hybridized carbons (Fsp3) is 0.571. The molecule has 0 aliphatic carbocycles. The second kappa shape index (κ2) is 7.86. The van der Waals surface area contributed by atoms with Crippen LogP contribution in [0.5, 0.6) is 0 Å². The fourth-order valence-corrected chi connectivity index (χ4v) is 2.24. The molecule has 0 aliphatic rings. The average Bonchev–Trinajstić information content (AvgIpc) is 2.39. The van der Waals surface area contributed by atoms with Crippen LogP contribution in [0.1, 0.15) is 32.4 Å². The van der Waals surface area contributed by atoms with Crippen LogP contribution in [0.25, 0.3) is 0 Å². The van der Waals surface area contributed by atoms with Crippen molar-refractivity contribution in [3.05, 3.63) is 30.1 Å². The van der Waals surface area contributed by atoms with Gasteiger partial charge in [0.2, 0.25) is 5.91 Å². The molecule has 1 heterocycles. The van der Waals surface area contributed by atoms with Crippen molar-refractivity contribution in [2.24, 2.45) is 5.73 Å². The van der Waals surface area contributed by atoms with Crippen LogP contribution in [0.15, 0.2) is 24.5 Å². The molecule has 5 nitrogen and oxygen atoms in total. The number of nitrogens with one attached hydrogen (secondary N) is 1. The van der Waals surface area contributed by atoms with Crippen LogP contribution in [0.3, 0.4) is 0 Å². The molecule has 19 heavy (non-hydrogen) atoms. The third kappa shape index (κ3) is 4.61. The normalized spacial score (nSPS) is 14.2. The van der Waals surface area contributed by atoms with Crippen molar-refractivity contribution >= 4 is 5.91 Å². The zero-order chi connectivity index (χ0) is 14.3. The number of likely N-dealkylation sites (N-methyl/N-ethyl adjacent to an activating group) is 2. The number of carbonyl (C=O) groups is 1. The standard InChI is InChI=1S/C14H24N4O/c1-4-17-13(19)10-18(5-2)14(11(3)15)12-7-6-8-16-9-12/h6-9,11,14H,4-5,10,15H2,1-3H3,(H,17,19). The summed E-state index contributed by atoms with van der Waals surface area (Å²) in [4.78, 5) is 18.0. The molecule has 2 unspecified atom stereocenters. The van der Waals surface area contributed by atoms with Gasteiger partial charge in [0, 0.05) is 25.0 Å². The Bertz CT molecular complexity index is 380. The highest BCUT2D eigenvalue weighted by atomic mass is 16.2. The molecular weight excluding hydrogens is 240 g/mol. The lowest BCUT2D eigenvalue weighted by Gasteiger charge is -2.33. The highest BCUT2D eigenvalue weighted by Crippen LogP contribution is 2.22. The molecule has 106 valence electrons. The summed E-state index contributed by atoms with van der Waals surface area (Å²) in [6.07, 6.45) is 3.55. The Morgan fingerprint density at radius 3 is 2.74 bits per heavy atom. The smallest absolute Gasteiger partial charge is 0.234 e. The van der Waals surface area contributed by atoms with Gasteiger partial charge in [-0.1, -0.05) is 13.0 Å². The topological polar surface area (TPSA) is 71.2 Å². The van der Waals surface area contributed by atoms with Gasteiger partial charge in [0.1, 0.15) is 0 Å². The molecule has 0 aliphatic heterocycles. The number of carbonyl (C=O) groups excluding carboxylic acids is 1. The number of hydrogen-bond acceptors (Lipinski definition) is 4. The molecule has 0 saturated carbocycles. The quantitative estimate of drug-likeness (QED) is 0.768. The number of pyridine rings is 1. The van der Waals surface area contributed by atoms with Gasteiger partial charge < -0.3 is 11.1 Å². The molecule has 1 aromatic heterocycles. The number of hydrogen-bond donors (Lipinski definition) is 2. The Morgan fingerprint density at radius 1 is 1.53 bits per heavy atom. The molecule has 0 bridgehead atoms. The van der Waals surface area contributed by atoms with Gasteiger partial charge in [-0.05, 0) is 32.0 Å². The second-order valence-electron chi connectivity index (χ2n) is 4.61. The van der Waals surface area contributed by atoms with Crippen LogP contribution in [0, 0.1) is 0 Å². The van der Waals surface area contributed by atoms with Gasteiger partial charge in [0.15, 0.2) is 0 Å². The van der Waals surface area contributed by atoms with Crippen LogP contribution in [-0.2, 0) is 4.79 Å². The summed E-state index contributed by atoms with van der Waals surface area (Å²) in [5, 5.41) is 2.82. The van der Waals surface area contributed by atoms with E-state index in [0.717, 1.165) is 12.1 Å². The summed E-state index contributed by atoms with van der Waals surface area (Å²) in [6.45, 7) is 7.66. The highest BCUT2D eigenvalue weighted by Gasteiger charge is 2.24. The lowest BCUT2D eigenvalue weighted by atomic mass is 10.0. The van der Waals surface area contributed by atoms with E-state index >= 15 is 0 Å². The lowest BCUT2D eigenvalue weighted by molar-refractivity contribution is -0.122. The van der Waals surface area contributed by atoms with E-state index in [4.69, 9.17) is 5.73 Å². The molecule has 2 atom stereocenters. The van der Waals surface area contributed by atoms with Crippen molar-refractivity contribution in [2.45, 2.75) is 32.9 Å². The largest absolute Gasteiger partial charge is 0.355 e. The van der Waals surface area contributed by atoms with E-state index < -0.39 is 0 Å². The van der Waals surface area contributed by atoms with Crippen LogP contribution in [0.2, 0.25) is 0 Å². The number of amides is 1. The molecule has 5 heteroatoms. The van der Waals surface area contributed by atoms with Crippen molar-refractivity contribution in [3.63, 3.8) is 0 Å². The minimum atomic E-state index is -0.0708. The second-order valence-corrected chi connectivity index (χ2v) is 4.61. The van der Waals surface area contributed by atoms with E-state index in [0.29, 0.717) is 13.1 Å². The van der Waals surface area contributed by atoms with Crippen molar-refractivity contribution in [3.8, 4) is 0 Å². The minimum absolute atomic E-state index is 0.00121. The first-order valence-corrected chi connectivity index (χ1v) is 6.76. The molecule has 0 radical (unpaired) electrons. The summed E-state index contributed by atoms with van der Waals surface area (Å²) in [6, 6.07) is 3.83. The predicted octanol–water partition coefficient (Wildman–Crippen LogP) is 0.928. The summed E-state index contributed by atoms with van der Waals surface area (Å²) >= 11 is 0. The maximum Gasteiger partial charge on any atom is 0.234 e. The summed E-state index contributed by atoms with van der Waals surface area (Å²) < 4.78 is 0. The first-order valence-electron chi connectivity index (χ1n) is 6.76. The molecule has 3 N–H and O–H groups in total. The molecular formula is C14H24N4O. The summed E-state index contributed by atoms with van der Waals surface area (Å²) in [7, 11) is 0. The van der Waals surface area contributed by atoms with E-state index in [-0.39, 0.29) is 18.0 Å². The highest BCUT2D eigenvalue weighted by molar-refractivity contribution is 5.78. The van der Waals surface area contributed by atoms with Crippen molar-refractivity contribution in [2.75, 3.05) is 19.6 Å². The van der Waals surface area contributed by atoms with E-state index in [1.807, 2.05) is 39.1 Å². The van der Waals surface area contributed by atoms with Gasteiger partial charge in [0.25, 0.3) is 0 Å². The maximum atomic E-state index is 11.8. The molecule has 0 aromatic carbocycles. The van der Waals surface area contributed by atoms with Crippen molar-refractivity contribution in [1.82, 2.24) is 15.2 Å². The number of nitrogens with zero attached hydrogens (tertiary/aromatic N) is 2. The Balaban J connectivity index is 2.87. The third-order valence-electron chi connectivity index (χ3n) is 3.04. The molecule has 0 spiro atoms. The molecule has 1 amide bonds. The zero-order valence-corrected chi connectivity index (χ0v) is 12.0. The van der Waals surface area contributed by atoms with Crippen LogP contribution in [0.4, 0.5) is 0 Å². The Kier molecular flexibility index (Phi) is 6.45. The minimum Gasteiger partial charge on any atom is -0.355 e. The number of nitrogens with two attached hydrogens (primary N) is 1. The monoisotopic (exact) mass is 264 g/mol. The maximum absolute atomic E-state index is 11.8. The fourth-order valence-electron chi connectivity index (χ4n) is 2.24. The van der Waals surface area contributed by atoms with Gasteiger partial charge in [-0.3, -0.25) is 14.7 Å². The Morgan fingerprint density at radius 2 is 2.26 bits per heavy atom. The SMILES string of the molecule is CCNC(=O)CN(CC)C(c1cccnc1)C(C)N. The first kappa shape index (κ1) is 15.6. The van der Waals surface area contributed by atoms with E-state index in [9.17, 15) is 4.79 Å². The van der Waals surface area contributed by atoms with Crippen molar-refractivity contribution < 1.29 is 4.79 Å². The van der Waals surface area contributed by atoms with Crippen LogP contribution < -0.4 is 11.1 Å². The molecule has 1 aromatic rings. The Labute approximate surface area is 115 Å². The predicted molar refractivity (Wildman–Crippen MR) is 76.6 cm³/mol. The number of rotatable bonds is 7. The molecule has 0 fully saturated rings. The van der Waals surface area contributed by atoms with Gasteiger partial charge >= 0.3 is 0 Å². The van der Waals surface area contributed by atoms with E-state index in [2.05, 4.69) is 15.2 Å². The van der Waals surface area contributed by atoms with Crippen molar-refractivity contribution in [1.29, 1.82) is 0 Å². The molecule has 0 saturated heterocycles. The van der Waals surface area contributed by atoms with E-state index in [1.54, 1.807) is 6.20 Å². The summed E-state index contributed by atoms with van der Waals surface area (Å²) in [5.74, 6) is 0.0268.